The van der Waals surface area contributed by atoms with Crippen LogP contribution < -0.4 is 10.6 Å². The fourth-order valence-electron chi connectivity index (χ4n) is 13.5. The Balaban J connectivity index is 1.33. The van der Waals surface area contributed by atoms with E-state index in [0.717, 1.165) is 19.3 Å². The molecule has 0 aromatic rings. The second-order valence-electron chi connectivity index (χ2n) is 19.4. The maximum absolute atomic E-state index is 13.9. The van der Waals surface area contributed by atoms with Crippen LogP contribution in [0.4, 0.5) is 4.79 Å². The summed E-state index contributed by atoms with van der Waals surface area (Å²) in [7, 11) is 0. The molecule has 5 saturated carbocycles. The van der Waals surface area contributed by atoms with Gasteiger partial charge in [0, 0.05) is 18.0 Å². The van der Waals surface area contributed by atoms with Gasteiger partial charge in [-0.3, -0.25) is 4.79 Å². The van der Waals surface area contributed by atoms with Crippen molar-refractivity contribution < 1.29 is 9.59 Å². The summed E-state index contributed by atoms with van der Waals surface area (Å²) in [6.45, 7) is 24.3. The topological polar surface area (TPSA) is 58.2 Å². The molecule has 0 aromatic carbocycles. The van der Waals surface area contributed by atoms with Crippen LogP contribution in [0.1, 0.15) is 159 Å². The highest BCUT2D eigenvalue weighted by atomic mass is 16.2. The van der Waals surface area contributed by atoms with Crippen molar-refractivity contribution >= 4 is 11.8 Å². The van der Waals surface area contributed by atoms with Gasteiger partial charge in [0.2, 0.25) is 0 Å². The minimum Gasteiger partial charge on any atom is -0.335 e. The SMILES string of the molecule is CC(C)C1=C2[C@H]3CC[C@@H]4[C@@]5(C)C(NC(=O)NC(C)(C)C6CCCCC6)CCC(C)(C)[C@@H]5CC[C@@]4(C)[C@]3(C)CC[C@@]2(C)CC1=O. The van der Waals surface area contributed by atoms with Gasteiger partial charge in [-0.05, 0) is 140 Å². The van der Waals surface area contributed by atoms with Gasteiger partial charge >= 0.3 is 6.03 Å². The summed E-state index contributed by atoms with van der Waals surface area (Å²) in [5.74, 6) is 2.99. The van der Waals surface area contributed by atoms with E-state index in [1.165, 1.54) is 76.2 Å². The molecule has 5 fully saturated rings. The van der Waals surface area contributed by atoms with E-state index in [2.05, 4.69) is 79.9 Å². The van der Waals surface area contributed by atoms with Crippen molar-refractivity contribution in [2.24, 2.45) is 56.7 Å². The molecule has 8 atom stereocenters. The molecule has 0 aromatic heterocycles. The molecule has 6 aliphatic carbocycles. The summed E-state index contributed by atoms with van der Waals surface area (Å²) in [6, 6.07) is 0.252. The highest BCUT2D eigenvalue weighted by Crippen LogP contribution is 2.76. The predicted molar refractivity (Wildman–Crippen MR) is 181 cm³/mol. The van der Waals surface area contributed by atoms with Gasteiger partial charge in [0.1, 0.15) is 0 Å². The minimum absolute atomic E-state index is 0.0521. The van der Waals surface area contributed by atoms with Crippen molar-refractivity contribution in [3.05, 3.63) is 11.1 Å². The Bertz CT molecular complexity index is 1210. The summed E-state index contributed by atoms with van der Waals surface area (Å²) in [4.78, 5) is 27.4. The number of carbonyl (C=O) groups excluding carboxylic acids is 2. The Kier molecular flexibility index (Phi) is 7.85. The lowest BCUT2D eigenvalue weighted by molar-refractivity contribution is -0.219. The van der Waals surface area contributed by atoms with Crippen molar-refractivity contribution in [2.45, 2.75) is 171 Å². The van der Waals surface area contributed by atoms with Gasteiger partial charge in [0.05, 0.1) is 0 Å². The molecule has 0 saturated heterocycles. The van der Waals surface area contributed by atoms with Crippen molar-refractivity contribution in [3.8, 4) is 0 Å². The Morgan fingerprint density at radius 3 is 2.14 bits per heavy atom. The van der Waals surface area contributed by atoms with Crippen molar-refractivity contribution in [3.63, 3.8) is 0 Å². The van der Waals surface area contributed by atoms with Gasteiger partial charge in [-0.25, -0.2) is 4.79 Å². The molecule has 0 radical (unpaired) electrons. The van der Waals surface area contributed by atoms with Gasteiger partial charge < -0.3 is 10.6 Å². The third-order valence-electron chi connectivity index (χ3n) is 16.1. The minimum atomic E-state index is -0.180. The molecule has 6 aliphatic rings. The fraction of sp³-hybridized carbons (Fsp3) is 0.900. The Labute approximate surface area is 270 Å². The number of ketones is 1. The number of Topliss-reactive ketones (excluding diaryl/α,β-unsaturated/α-hetero) is 1. The lowest BCUT2D eigenvalue weighted by Gasteiger charge is -2.72. The zero-order valence-corrected chi connectivity index (χ0v) is 30.2. The van der Waals surface area contributed by atoms with Crippen LogP contribution in [0.15, 0.2) is 11.1 Å². The number of amides is 2. The molecule has 0 spiro atoms. The molecular weight excluding hydrogens is 540 g/mol. The maximum Gasteiger partial charge on any atom is 0.315 e. The van der Waals surface area contributed by atoms with Gasteiger partial charge in [0.25, 0.3) is 0 Å². The molecule has 0 bridgehead atoms. The van der Waals surface area contributed by atoms with Crippen LogP contribution in [-0.4, -0.2) is 23.4 Å². The summed E-state index contributed by atoms with van der Waals surface area (Å²) < 4.78 is 0. The molecule has 6 rings (SSSR count). The molecule has 0 heterocycles. The van der Waals surface area contributed by atoms with Crippen LogP contribution in [-0.2, 0) is 4.79 Å². The van der Waals surface area contributed by atoms with Gasteiger partial charge in [-0.2, -0.15) is 0 Å². The first-order chi connectivity index (χ1) is 20.4. The molecule has 44 heavy (non-hydrogen) atoms. The third kappa shape index (κ3) is 4.63. The summed E-state index contributed by atoms with van der Waals surface area (Å²) in [6.07, 6.45) is 16.6. The smallest absolute Gasteiger partial charge is 0.315 e. The first kappa shape index (κ1) is 32.6. The van der Waals surface area contributed by atoms with E-state index in [-0.39, 0.29) is 44.7 Å². The largest absolute Gasteiger partial charge is 0.335 e. The average molecular weight is 607 g/mol. The van der Waals surface area contributed by atoms with Crippen molar-refractivity contribution in [1.82, 2.24) is 10.6 Å². The maximum atomic E-state index is 13.9. The van der Waals surface area contributed by atoms with Crippen LogP contribution >= 0.6 is 0 Å². The number of rotatable bonds is 4. The second kappa shape index (κ2) is 10.6. The average Bonchev–Trinajstić information content (AvgIpc) is 3.21. The number of nitrogens with one attached hydrogen (secondary N) is 2. The molecule has 0 aliphatic heterocycles. The van der Waals surface area contributed by atoms with Crippen LogP contribution in [0.25, 0.3) is 0 Å². The number of allylic oxidation sites excluding steroid dienone is 2. The third-order valence-corrected chi connectivity index (χ3v) is 16.1. The van der Waals surface area contributed by atoms with Gasteiger partial charge in [-0.15, -0.1) is 0 Å². The van der Waals surface area contributed by atoms with E-state index in [4.69, 9.17) is 0 Å². The normalized spacial score (nSPS) is 44.0. The fourth-order valence-corrected chi connectivity index (χ4v) is 13.5. The van der Waals surface area contributed by atoms with Crippen LogP contribution in [0.2, 0.25) is 0 Å². The molecule has 2 N–H and O–H groups in total. The Morgan fingerprint density at radius 2 is 1.48 bits per heavy atom. The Hall–Kier alpha value is -1.32. The molecule has 4 heteroatoms. The lowest BCUT2D eigenvalue weighted by Crippen LogP contribution is -2.70. The summed E-state index contributed by atoms with van der Waals surface area (Å²) >= 11 is 0. The zero-order valence-electron chi connectivity index (χ0n) is 30.2. The second-order valence-corrected chi connectivity index (χ2v) is 19.4. The van der Waals surface area contributed by atoms with Crippen LogP contribution in [0, 0.1) is 56.7 Å². The number of urea groups is 1. The number of hydrogen-bond donors (Lipinski definition) is 2. The first-order valence-electron chi connectivity index (χ1n) is 18.8. The monoisotopic (exact) mass is 607 g/mol. The Morgan fingerprint density at radius 1 is 0.795 bits per heavy atom. The van der Waals surface area contributed by atoms with E-state index >= 15 is 0 Å². The lowest BCUT2D eigenvalue weighted by atomic mass is 9.32. The number of fused-ring (bicyclic) bond motifs is 7. The van der Waals surface area contributed by atoms with E-state index in [9.17, 15) is 9.59 Å². The van der Waals surface area contributed by atoms with Crippen LogP contribution in [0.3, 0.4) is 0 Å². The first-order valence-corrected chi connectivity index (χ1v) is 18.8. The highest BCUT2D eigenvalue weighted by Gasteiger charge is 2.70. The van der Waals surface area contributed by atoms with E-state index in [0.29, 0.717) is 35.4 Å². The summed E-state index contributed by atoms with van der Waals surface area (Å²) in [5, 5.41) is 7.20. The zero-order chi connectivity index (χ0) is 32.1. The molecular formula is C40H66N2O2. The highest BCUT2D eigenvalue weighted by molar-refractivity contribution is 6.00. The number of carbonyl (C=O) groups is 2. The van der Waals surface area contributed by atoms with Crippen molar-refractivity contribution in [2.75, 3.05) is 0 Å². The van der Waals surface area contributed by atoms with Gasteiger partial charge in [-0.1, -0.05) is 80.2 Å². The molecule has 2 amide bonds. The predicted octanol–water partition coefficient (Wildman–Crippen LogP) is 10.0. The van der Waals surface area contributed by atoms with E-state index in [1.807, 2.05) is 0 Å². The number of hydrogen-bond acceptors (Lipinski definition) is 2. The van der Waals surface area contributed by atoms with E-state index in [1.54, 1.807) is 5.57 Å². The molecule has 1 unspecified atom stereocenters. The quantitative estimate of drug-likeness (QED) is 0.335. The van der Waals surface area contributed by atoms with Crippen molar-refractivity contribution in [1.29, 1.82) is 0 Å². The van der Waals surface area contributed by atoms with E-state index < -0.39 is 0 Å². The standard InChI is InChI=1S/C40H66N2O2/c1-25(2)32-28(43)24-37(7)22-23-38(8)27(33(32)37)16-17-30-39(38,9)21-18-29-35(3,4)20-19-31(40(29,30)10)41-34(44)42-36(5,6)26-14-12-11-13-15-26/h25-27,29-31H,11-24H2,1-10H3,(H2,41,42,44)/t27-,29+,30+,31?,37+,38-,39-,40+/m1/s1. The van der Waals surface area contributed by atoms with Crippen LogP contribution in [0.5, 0.6) is 0 Å². The van der Waals surface area contributed by atoms with Gasteiger partial charge in [0.15, 0.2) is 5.78 Å². The summed E-state index contributed by atoms with van der Waals surface area (Å²) in [5.41, 5.74) is 3.35. The molecule has 248 valence electrons. The molecule has 4 nitrogen and oxygen atoms in total.